The second-order valence-electron chi connectivity index (χ2n) is 6.21. The molecule has 2 aromatic rings. The lowest BCUT2D eigenvalue weighted by Gasteiger charge is -2.22. The summed E-state index contributed by atoms with van der Waals surface area (Å²) in [4.78, 5) is 28.2. The second kappa shape index (κ2) is 7.96. The first-order valence-electron chi connectivity index (χ1n) is 8.57. The van der Waals surface area contributed by atoms with Gasteiger partial charge in [-0.05, 0) is 25.0 Å². The van der Waals surface area contributed by atoms with Gasteiger partial charge in [0.1, 0.15) is 5.75 Å². The Bertz CT molecular complexity index is 769. The zero-order chi connectivity index (χ0) is 17.6. The molecule has 25 heavy (non-hydrogen) atoms. The molecule has 1 fully saturated rings. The minimum atomic E-state index is -0.540. The van der Waals surface area contributed by atoms with Crippen LogP contribution < -0.4 is 10.1 Å². The molecule has 1 saturated carbocycles. The molecule has 1 aliphatic carbocycles. The molecule has 1 heterocycles. The molecule has 6 heteroatoms. The van der Waals surface area contributed by atoms with Gasteiger partial charge in [-0.1, -0.05) is 31.4 Å². The third-order valence-electron chi connectivity index (χ3n) is 4.40. The van der Waals surface area contributed by atoms with E-state index in [4.69, 9.17) is 9.47 Å². The van der Waals surface area contributed by atoms with Gasteiger partial charge in [0.25, 0.3) is 5.91 Å². The molecule has 3 rings (SSSR count). The largest absolute Gasteiger partial charge is 0.483 e. The second-order valence-corrected chi connectivity index (χ2v) is 6.21. The molecule has 132 valence electrons. The van der Waals surface area contributed by atoms with Crippen LogP contribution in [0.3, 0.4) is 0 Å². The van der Waals surface area contributed by atoms with Gasteiger partial charge in [0.05, 0.1) is 12.6 Å². The van der Waals surface area contributed by atoms with Crippen LogP contribution in [0.15, 0.2) is 30.3 Å². The number of rotatable bonds is 5. The fourth-order valence-corrected chi connectivity index (χ4v) is 3.13. The first kappa shape index (κ1) is 17.2. The average molecular weight is 342 g/mol. The predicted molar refractivity (Wildman–Crippen MR) is 93.6 cm³/mol. The Labute approximate surface area is 146 Å². The number of aromatic nitrogens is 1. The first-order chi connectivity index (χ1) is 12.2. The molecule has 0 bridgehead atoms. The topological polar surface area (TPSA) is 77.5 Å². The number of hydrogen-bond acceptors (Lipinski definition) is 5. The number of benzene rings is 1. The monoisotopic (exact) mass is 342 g/mol. The number of para-hydroxylation sites is 1. The number of hydrogen-bond donors (Lipinski definition) is 1. The summed E-state index contributed by atoms with van der Waals surface area (Å²) < 4.78 is 10.4. The molecule has 1 N–H and O–H groups in total. The van der Waals surface area contributed by atoms with E-state index < -0.39 is 5.97 Å². The van der Waals surface area contributed by atoms with Crippen LogP contribution in [-0.4, -0.2) is 36.6 Å². The van der Waals surface area contributed by atoms with Gasteiger partial charge in [0.2, 0.25) is 0 Å². The van der Waals surface area contributed by atoms with Crippen molar-refractivity contribution in [2.24, 2.45) is 0 Å². The fraction of sp³-hybridized carbons (Fsp3) is 0.421. The molecule has 0 saturated heterocycles. The van der Waals surface area contributed by atoms with Crippen molar-refractivity contribution in [3.05, 3.63) is 36.0 Å². The summed E-state index contributed by atoms with van der Waals surface area (Å²) in [5.74, 6) is -0.237. The van der Waals surface area contributed by atoms with E-state index in [1.807, 2.05) is 18.2 Å². The third kappa shape index (κ3) is 4.26. The zero-order valence-electron chi connectivity index (χ0n) is 14.3. The quantitative estimate of drug-likeness (QED) is 0.846. The molecule has 6 nitrogen and oxygen atoms in total. The van der Waals surface area contributed by atoms with Crippen LogP contribution in [0, 0.1) is 0 Å². The Morgan fingerprint density at radius 1 is 1.20 bits per heavy atom. The van der Waals surface area contributed by atoms with Crippen LogP contribution in [0.25, 0.3) is 10.9 Å². The molecule has 0 atom stereocenters. The maximum atomic E-state index is 12.2. The fourth-order valence-electron chi connectivity index (χ4n) is 3.13. The van der Waals surface area contributed by atoms with E-state index in [1.165, 1.54) is 19.6 Å². The van der Waals surface area contributed by atoms with Gasteiger partial charge in [-0.3, -0.25) is 4.79 Å². The molecule has 0 spiro atoms. The van der Waals surface area contributed by atoms with Crippen LogP contribution >= 0.6 is 0 Å². The normalized spacial score (nSPS) is 14.9. The molecule has 1 aliphatic rings. The van der Waals surface area contributed by atoms with Crippen LogP contribution in [0.4, 0.5) is 0 Å². The molecule has 0 aliphatic heterocycles. The molecular formula is C19H22N2O4. The molecule has 1 amide bonds. The highest BCUT2D eigenvalue weighted by atomic mass is 16.5. The number of ether oxygens (including phenoxy) is 2. The number of esters is 1. The minimum absolute atomic E-state index is 0.0921. The van der Waals surface area contributed by atoms with E-state index in [2.05, 4.69) is 10.3 Å². The number of methoxy groups -OCH3 is 1. The van der Waals surface area contributed by atoms with Gasteiger partial charge in [0.15, 0.2) is 12.3 Å². The molecule has 1 aromatic carbocycles. The van der Waals surface area contributed by atoms with Gasteiger partial charge in [-0.25, -0.2) is 9.78 Å². The van der Waals surface area contributed by atoms with Crippen molar-refractivity contribution >= 4 is 22.8 Å². The molecule has 0 unspecified atom stereocenters. The lowest BCUT2D eigenvalue weighted by Crippen LogP contribution is -2.39. The van der Waals surface area contributed by atoms with Crippen LogP contribution in [0.5, 0.6) is 5.75 Å². The summed E-state index contributed by atoms with van der Waals surface area (Å²) in [6.07, 6.45) is 5.60. The van der Waals surface area contributed by atoms with Crippen molar-refractivity contribution < 1.29 is 19.1 Å². The summed E-state index contributed by atoms with van der Waals surface area (Å²) in [5.41, 5.74) is 0.775. The first-order valence-corrected chi connectivity index (χ1v) is 8.57. The summed E-state index contributed by atoms with van der Waals surface area (Å²) in [6, 6.07) is 9.08. The Morgan fingerprint density at radius 2 is 1.96 bits per heavy atom. The van der Waals surface area contributed by atoms with Gasteiger partial charge in [-0.2, -0.15) is 0 Å². The lowest BCUT2D eigenvalue weighted by atomic mass is 9.95. The Morgan fingerprint density at radius 3 is 2.72 bits per heavy atom. The average Bonchev–Trinajstić information content (AvgIpc) is 2.66. The third-order valence-corrected chi connectivity index (χ3v) is 4.40. The maximum absolute atomic E-state index is 12.2. The number of amides is 1. The van der Waals surface area contributed by atoms with E-state index in [0.29, 0.717) is 11.3 Å². The van der Waals surface area contributed by atoms with Gasteiger partial charge in [0, 0.05) is 17.5 Å². The van der Waals surface area contributed by atoms with Gasteiger partial charge < -0.3 is 14.8 Å². The summed E-state index contributed by atoms with van der Waals surface area (Å²) in [5, 5.41) is 3.77. The maximum Gasteiger partial charge on any atom is 0.356 e. The number of carbonyl (C=O) groups excluding carboxylic acids is 2. The van der Waals surface area contributed by atoms with E-state index in [1.54, 1.807) is 6.07 Å². The highest BCUT2D eigenvalue weighted by Gasteiger charge is 2.17. The van der Waals surface area contributed by atoms with Crippen LogP contribution in [0.1, 0.15) is 42.6 Å². The number of pyridine rings is 1. The van der Waals surface area contributed by atoms with Gasteiger partial charge >= 0.3 is 5.97 Å². The van der Waals surface area contributed by atoms with Crippen molar-refractivity contribution in [2.45, 2.75) is 38.1 Å². The molecule has 1 aromatic heterocycles. The Balaban J connectivity index is 1.73. The SMILES string of the molecule is COC(=O)c1cc(OCC(=O)NC2CCCCC2)c2ccccc2n1. The highest BCUT2D eigenvalue weighted by Crippen LogP contribution is 2.25. The van der Waals surface area contributed by atoms with E-state index in [0.717, 1.165) is 31.1 Å². The molecular weight excluding hydrogens is 320 g/mol. The Kier molecular flexibility index (Phi) is 5.48. The van der Waals surface area contributed by atoms with Gasteiger partial charge in [-0.15, -0.1) is 0 Å². The van der Waals surface area contributed by atoms with Crippen molar-refractivity contribution in [1.29, 1.82) is 0 Å². The van der Waals surface area contributed by atoms with E-state index in [-0.39, 0.29) is 24.2 Å². The summed E-state index contributed by atoms with van der Waals surface area (Å²) in [6.45, 7) is -0.0921. The standard InChI is InChI=1S/C19H22N2O4/c1-24-19(23)16-11-17(14-9-5-6-10-15(14)21-16)25-12-18(22)20-13-7-3-2-4-8-13/h5-6,9-11,13H,2-4,7-8,12H2,1H3,(H,20,22). The smallest absolute Gasteiger partial charge is 0.356 e. The van der Waals surface area contributed by atoms with Crippen LogP contribution in [-0.2, 0) is 9.53 Å². The number of fused-ring (bicyclic) bond motifs is 1. The molecule has 0 radical (unpaired) electrons. The van der Waals surface area contributed by atoms with Crippen molar-refractivity contribution in [3.63, 3.8) is 0 Å². The van der Waals surface area contributed by atoms with Crippen molar-refractivity contribution in [1.82, 2.24) is 10.3 Å². The predicted octanol–water partition coefficient (Wildman–Crippen LogP) is 2.85. The van der Waals surface area contributed by atoms with E-state index >= 15 is 0 Å². The van der Waals surface area contributed by atoms with Crippen molar-refractivity contribution in [2.75, 3.05) is 13.7 Å². The Hall–Kier alpha value is -2.63. The summed E-state index contributed by atoms with van der Waals surface area (Å²) in [7, 11) is 1.30. The highest BCUT2D eigenvalue weighted by molar-refractivity contribution is 5.94. The van der Waals surface area contributed by atoms with E-state index in [9.17, 15) is 9.59 Å². The van der Waals surface area contributed by atoms with Crippen molar-refractivity contribution in [3.8, 4) is 5.75 Å². The number of nitrogens with one attached hydrogen (secondary N) is 1. The minimum Gasteiger partial charge on any atom is -0.483 e. The zero-order valence-corrected chi connectivity index (χ0v) is 14.3. The number of nitrogens with zero attached hydrogens (tertiary/aromatic N) is 1. The van der Waals surface area contributed by atoms with Crippen LogP contribution in [0.2, 0.25) is 0 Å². The summed E-state index contributed by atoms with van der Waals surface area (Å²) >= 11 is 0. The lowest BCUT2D eigenvalue weighted by molar-refractivity contribution is -0.124. The number of carbonyl (C=O) groups is 2.